The molecule has 37 heavy (non-hydrogen) atoms. The SMILES string of the molecule is CCCNC(=O)C(C)N(Cc1ccccc1F)C(=O)CCCN(c1cccc(C(F)(F)F)c1)S(C)(=O)=O. The van der Waals surface area contributed by atoms with Gasteiger partial charge in [0.2, 0.25) is 21.8 Å². The number of nitrogens with zero attached hydrogens (tertiary/aromatic N) is 2. The van der Waals surface area contributed by atoms with Crippen LogP contribution in [0.3, 0.4) is 0 Å². The molecule has 0 bridgehead atoms. The van der Waals surface area contributed by atoms with E-state index in [-0.39, 0.29) is 37.2 Å². The summed E-state index contributed by atoms with van der Waals surface area (Å²) in [7, 11) is -3.97. The Bertz CT molecular complexity index is 1190. The highest BCUT2D eigenvalue weighted by Crippen LogP contribution is 2.32. The number of anilines is 1. The van der Waals surface area contributed by atoms with Crippen LogP contribution in [0, 0.1) is 5.82 Å². The van der Waals surface area contributed by atoms with Crippen molar-refractivity contribution in [3.63, 3.8) is 0 Å². The van der Waals surface area contributed by atoms with Crippen molar-refractivity contribution in [2.45, 2.75) is 51.9 Å². The Morgan fingerprint density at radius 1 is 1.08 bits per heavy atom. The average molecular weight is 546 g/mol. The fourth-order valence-electron chi connectivity index (χ4n) is 3.63. The third kappa shape index (κ3) is 8.73. The van der Waals surface area contributed by atoms with E-state index in [4.69, 9.17) is 0 Å². The van der Waals surface area contributed by atoms with E-state index in [1.165, 1.54) is 36.1 Å². The molecule has 0 saturated heterocycles. The zero-order chi connectivity index (χ0) is 27.8. The second kappa shape index (κ2) is 12.9. The summed E-state index contributed by atoms with van der Waals surface area (Å²) in [5, 5.41) is 2.69. The van der Waals surface area contributed by atoms with E-state index >= 15 is 0 Å². The molecule has 0 radical (unpaired) electrons. The predicted octanol–water partition coefficient (Wildman–Crippen LogP) is 4.33. The lowest BCUT2D eigenvalue weighted by atomic mass is 10.1. The standard InChI is InChI=1S/C25H31F4N3O4S/c1-4-14-30-24(34)18(2)31(17-19-9-5-6-12-22(19)26)23(33)13-8-15-32(37(3,35)36)21-11-7-10-20(16-21)25(27,28)29/h5-7,9-12,16,18H,4,8,13-15,17H2,1-3H3,(H,30,34). The summed E-state index contributed by atoms with van der Waals surface area (Å²) >= 11 is 0. The lowest BCUT2D eigenvalue weighted by Crippen LogP contribution is -2.48. The maximum atomic E-state index is 14.3. The van der Waals surface area contributed by atoms with Gasteiger partial charge in [-0.25, -0.2) is 12.8 Å². The Kier molecular flexibility index (Phi) is 10.5. The first-order chi connectivity index (χ1) is 17.3. The van der Waals surface area contributed by atoms with Gasteiger partial charge >= 0.3 is 6.18 Å². The molecular formula is C25H31F4N3O4S. The Morgan fingerprint density at radius 2 is 1.76 bits per heavy atom. The van der Waals surface area contributed by atoms with Crippen LogP contribution in [0.5, 0.6) is 0 Å². The van der Waals surface area contributed by atoms with Crippen molar-refractivity contribution in [1.29, 1.82) is 0 Å². The van der Waals surface area contributed by atoms with Gasteiger partial charge in [-0.15, -0.1) is 0 Å². The molecule has 2 amide bonds. The zero-order valence-electron chi connectivity index (χ0n) is 20.9. The van der Waals surface area contributed by atoms with Gasteiger partial charge in [0.15, 0.2) is 0 Å². The van der Waals surface area contributed by atoms with Gasteiger partial charge in [-0.1, -0.05) is 31.2 Å². The van der Waals surface area contributed by atoms with Crippen LogP contribution in [0.1, 0.15) is 44.2 Å². The number of carbonyl (C=O) groups excluding carboxylic acids is 2. The number of hydrogen-bond donors (Lipinski definition) is 1. The zero-order valence-corrected chi connectivity index (χ0v) is 21.7. The molecule has 2 rings (SSSR count). The Balaban J connectivity index is 2.21. The first kappa shape index (κ1) is 30.1. The third-order valence-corrected chi connectivity index (χ3v) is 6.82. The molecule has 0 aliphatic rings. The second-order valence-electron chi connectivity index (χ2n) is 8.57. The second-order valence-corrected chi connectivity index (χ2v) is 10.5. The quantitative estimate of drug-likeness (QED) is 0.402. The molecular weight excluding hydrogens is 514 g/mol. The van der Waals surface area contributed by atoms with Gasteiger partial charge in [-0.3, -0.25) is 13.9 Å². The maximum Gasteiger partial charge on any atom is 0.416 e. The first-order valence-electron chi connectivity index (χ1n) is 11.7. The van der Waals surface area contributed by atoms with Gasteiger partial charge in [0.1, 0.15) is 11.9 Å². The van der Waals surface area contributed by atoms with E-state index < -0.39 is 45.4 Å². The number of amides is 2. The highest BCUT2D eigenvalue weighted by molar-refractivity contribution is 7.92. The summed E-state index contributed by atoms with van der Waals surface area (Å²) in [6.07, 6.45) is -3.38. The molecule has 12 heteroatoms. The number of nitrogens with one attached hydrogen (secondary N) is 1. The fourth-order valence-corrected chi connectivity index (χ4v) is 4.59. The van der Waals surface area contributed by atoms with Crippen molar-refractivity contribution in [2.24, 2.45) is 0 Å². The molecule has 0 spiro atoms. The van der Waals surface area contributed by atoms with Crippen molar-refractivity contribution < 1.29 is 35.6 Å². The highest BCUT2D eigenvalue weighted by Gasteiger charge is 2.32. The van der Waals surface area contributed by atoms with Gasteiger partial charge in [0.05, 0.1) is 17.5 Å². The van der Waals surface area contributed by atoms with Gasteiger partial charge in [-0.05, 0) is 44.0 Å². The molecule has 2 aromatic carbocycles. The van der Waals surface area contributed by atoms with Crippen LogP contribution >= 0.6 is 0 Å². The van der Waals surface area contributed by atoms with Gasteiger partial charge < -0.3 is 10.2 Å². The summed E-state index contributed by atoms with van der Waals surface area (Å²) in [6.45, 7) is 3.32. The Morgan fingerprint density at radius 3 is 2.35 bits per heavy atom. The summed E-state index contributed by atoms with van der Waals surface area (Å²) in [6, 6.07) is 8.79. The summed E-state index contributed by atoms with van der Waals surface area (Å²) in [5.74, 6) is -1.50. The number of benzene rings is 2. The lowest BCUT2D eigenvalue weighted by molar-refractivity contribution is -0.140. The number of alkyl halides is 3. The van der Waals surface area contributed by atoms with Crippen LogP contribution in [0.15, 0.2) is 48.5 Å². The minimum atomic E-state index is -4.66. The first-order valence-corrected chi connectivity index (χ1v) is 13.6. The minimum Gasteiger partial charge on any atom is -0.354 e. The molecule has 0 heterocycles. The molecule has 0 aliphatic heterocycles. The number of sulfonamides is 1. The van der Waals surface area contributed by atoms with Crippen LogP contribution in [0.25, 0.3) is 0 Å². The molecule has 204 valence electrons. The van der Waals surface area contributed by atoms with Crippen LogP contribution in [0.4, 0.5) is 23.2 Å². The molecule has 1 atom stereocenters. The van der Waals surface area contributed by atoms with Gasteiger partial charge in [0.25, 0.3) is 0 Å². The molecule has 0 saturated carbocycles. The van der Waals surface area contributed by atoms with E-state index in [2.05, 4.69) is 5.32 Å². The van der Waals surface area contributed by atoms with Crippen molar-refractivity contribution in [2.75, 3.05) is 23.7 Å². The molecule has 0 aromatic heterocycles. The van der Waals surface area contributed by atoms with Crippen molar-refractivity contribution in [3.05, 3.63) is 65.5 Å². The normalized spacial score (nSPS) is 12.6. The molecule has 7 nitrogen and oxygen atoms in total. The van der Waals surface area contributed by atoms with Gasteiger partial charge in [-0.2, -0.15) is 13.2 Å². The van der Waals surface area contributed by atoms with Crippen LogP contribution in [-0.4, -0.2) is 50.5 Å². The van der Waals surface area contributed by atoms with E-state index in [0.29, 0.717) is 13.0 Å². The van der Waals surface area contributed by atoms with E-state index in [1.54, 1.807) is 6.07 Å². The van der Waals surface area contributed by atoms with Crippen molar-refractivity contribution >= 4 is 27.5 Å². The van der Waals surface area contributed by atoms with E-state index in [9.17, 15) is 35.6 Å². The monoisotopic (exact) mass is 545 g/mol. The lowest BCUT2D eigenvalue weighted by Gasteiger charge is -2.29. The van der Waals surface area contributed by atoms with Crippen LogP contribution in [-0.2, 0) is 32.3 Å². The fraction of sp³-hybridized carbons (Fsp3) is 0.440. The summed E-state index contributed by atoms with van der Waals surface area (Å²) in [4.78, 5) is 26.9. The third-order valence-electron chi connectivity index (χ3n) is 5.63. The van der Waals surface area contributed by atoms with Crippen molar-refractivity contribution in [1.82, 2.24) is 10.2 Å². The van der Waals surface area contributed by atoms with E-state index in [1.807, 2.05) is 6.92 Å². The maximum absolute atomic E-state index is 14.3. The minimum absolute atomic E-state index is 0.0424. The molecule has 0 aliphatic carbocycles. The van der Waals surface area contributed by atoms with E-state index in [0.717, 1.165) is 28.8 Å². The van der Waals surface area contributed by atoms with Crippen LogP contribution in [0.2, 0.25) is 0 Å². The molecule has 0 fully saturated rings. The predicted molar refractivity (Wildman–Crippen MR) is 133 cm³/mol. The number of rotatable bonds is 12. The van der Waals surface area contributed by atoms with Gasteiger partial charge in [0, 0.05) is 31.6 Å². The summed E-state index contributed by atoms with van der Waals surface area (Å²) < 4.78 is 79.1. The topological polar surface area (TPSA) is 86.8 Å². The average Bonchev–Trinajstić information content (AvgIpc) is 2.82. The molecule has 1 N–H and O–H groups in total. The van der Waals surface area contributed by atoms with Crippen LogP contribution < -0.4 is 9.62 Å². The molecule has 1 unspecified atom stereocenters. The molecule has 2 aromatic rings. The van der Waals surface area contributed by atoms with Crippen molar-refractivity contribution in [3.8, 4) is 0 Å². The Labute approximate surface area is 214 Å². The number of halogens is 4. The number of carbonyl (C=O) groups is 2. The number of hydrogen-bond acceptors (Lipinski definition) is 4. The smallest absolute Gasteiger partial charge is 0.354 e. The highest BCUT2D eigenvalue weighted by atomic mass is 32.2. The Hall–Kier alpha value is -3.15. The largest absolute Gasteiger partial charge is 0.416 e. The summed E-state index contributed by atoms with van der Waals surface area (Å²) in [5.41, 5.74) is -0.981.